The number of nitrogens with zero attached hydrogens (tertiary/aromatic N) is 1. The molecule has 0 aliphatic heterocycles. The lowest BCUT2D eigenvalue weighted by atomic mass is 10.1. The summed E-state index contributed by atoms with van der Waals surface area (Å²) in [5.41, 5.74) is 1.49. The van der Waals surface area contributed by atoms with Gasteiger partial charge < -0.3 is 14.4 Å². The highest BCUT2D eigenvalue weighted by molar-refractivity contribution is 6.31. The van der Waals surface area contributed by atoms with Crippen LogP contribution in [-0.4, -0.2) is 16.2 Å². The molecular weight excluding hydrogens is 318 g/mol. The van der Waals surface area contributed by atoms with Crippen molar-refractivity contribution in [1.82, 2.24) is 5.16 Å². The van der Waals surface area contributed by atoms with E-state index in [1.807, 2.05) is 24.3 Å². The number of rotatable bonds is 5. The van der Waals surface area contributed by atoms with E-state index in [2.05, 4.69) is 5.16 Å². The molecule has 0 saturated carbocycles. The van der Waals surface area contributed by atoms with Gasteiger partial charge in [0.1, 0.15) is 12.4 Å². The summed E-state index contributed by atoms with van der Waals surface area (Å²) in [6.45, 7) is 0.366. The van der Waals surface area contributed by atoms with E-state index in [-0.39, 0.29) is 5.69 Å². The summed E-state index contributed by atoms with van der Waals surface area (Å²) in [6, 6.07) is 15.9. The van der Waals surface area contributed by atoms with E-state index in [1.165, 1.54) is 6.07 Å². The van der Waals surface area contributed by atoms with Gasteiger partial charge in [-0.15, -0.1) is 0 Å². The zero-order valence-corrected chi connectivity index (χ0v) is 12.7. The second-order valence-corrected chi connectivity index (χ2v) is 5.19. The molecule has 23 heavy (non-hydrogen) atoms. The van der Waals surface area contributed by atoms with Gasteiger partial charge in [-0.25, -0.2) is 4.79 Å². The summed E-state index contributed by atoms with van der Waals surface area (Å²) in [6.07, 6.45) is 0. The molecular formula is C17H12ClNO4. The number of aromatic carboxylic acids is 1. The Morgan fingerprint density at radius 1 is 1.17 bits per heavy atom. The van der Waals surface area contributed by atoms with Crippen molar-refractivity contribution in [1.29, 1.82) is 0 Å². The van der Waals surface area contributed by atoms with Crippen LogP contribution in [0.3, 0.4) is 0 Å². The van der Waals surface area contributed by atoms with Gasteiger partial charge >= 0.3 is 5.97 Å². The second-order valence-electron chi connectivity index (χ2n) is 4.79. The first kappa shape index (κ1) is 15.1. The van der Waals surface area contributed by atoms with E-state index in [9.17, 15) is 4.79 Å². The minimum atomic E-state index is -1.13. The first-order chi connectivity index (χ1) is 11.1. The van der Waals surface area contributed by atoms with Crippen molar-refractivity contribution in [2.45, 2.75) is 6.61 Å². The van der Waals surface area contributed by atoms with Gasteiger partial charge in [-0.3, -0.25) is 0 Å². The van der Waals surface area contributed by atoms with E-state index in [0.29, 0.717) is 23.1 Å². The Bertz CT molecular complexity index is 827. The van der Waals surface area contributed by atoms with Gasteiger partial charge in [0, 0.05) is 22.2 Å². The first-order valence-corrected chi connectivity index (χ1v) is 7.18. The molecule has 0 aliphatic rings. The molecule has 0 fully saturated rings. The lowest BCUT2D eigenvalue weighted by Gasteiger charge is -2.08. The molecule has 3 rings (SSSR count). The molecule has 0 saturated heterocycles. The third-order valence-corrected chi connectivity index (χ3v) is 3.59. The maximum Gasteiger partial charge on any atom is 0.358 e. The third kappa shape index (κ3) is 3.52. The van der Waals surface area contributed by atoms with Crippen molar-refractivity contribution in [2.75, 3.05) is 0 Å². The summed E-state index contributed by atoms with van der Waals surface area (Å²) in [5.74, 6) is -0.0635. The summed E-state index contributed by atoms with van der Waals surface area (Å²) < 4.78 is 10.7. The fourth-order valence-corrected chi connectivity index (χ4v) is 2.19. The molecule has 0 aliphatic carbocycles. The zero-order chi connectivity index (χ0) is 16.2. The van der Waals surface area contributed by atoms with Gasteiger partial charge in [-0.05, 0) is 30.3 Å². The fraction of sp³-hybridized carbons (Fsp3) is 0.0588. The Balaban J connectivity index is 1.69. The number of carboxylic acids is 1. The van der Waals surface area contributed by atoms with Crippen LogP contribution in [0.1, 0.15) is 16.1 Å². The predicted octanol–water partition coefficient (Wildman–Crippen LogP) is 4.27. The van der Waals surface area contributed by atoms with Crippen LogP contribution in [0.25, 0.3) is 11.3 Å². The Morgan fingerprint density at radius 3 is 2.57 bits per heavy atom. The Labute approximate surface area is 137 Å². The highest BCUT2D eigenvalue weighted by atomic mass is 35.5. The fourth-order valence-electron chi connectivity index (χ4n) is 2.00. The molecule has 0 unspecified atom stereocenters. The van der Waals surface area contributed by atoms with Gasteiger partial charge in [-0.1, -0.05) is 35.0 Å². The van der Waals surface area contributed by atoms with E-state index in [0.717, 1.165) is 11.1 Å². The van der Waals surface area contributed by atoms with Gasteiger partial charge in [0.2, 0.25) is 0 Å². The maximum absolute atomic E-state index is 10.8. The van der Waals surface area contributed by atoms with Crippen LogP contribution in [0.2, 0.25) is 5.02 Å². The first-order valence-electron chi connectivity index (χ1n) is 6.80. The maximum atomic E-state index is 10.8. The molecule has 3 aromatic rings. The molecule has 1 N–H and O–H groups in total. The number of halogens is 1. The van der Waals surface area contributed by atoms with Crippen LogP contribution >= 0.6 is 11.6 Å². The monoisotopic (exact) mass is 329 g/mol. The van der Waals surface area contributed by atoms with Crippen LogP contribution in [0, 0.1) is 0 Å². The van der Waals surface area contributed by atoms with Crippen molar-refractivity contribution < 1.29 is 19.2 Å². The van der Waals surface area contributed by atoms with Crippen molar-refractivity contribution in [3.05, 3.63) is 70.9 Å². The van der Waals surface area contributed by atoms with E-state index in [1.54, 1.807) is 24.3 Å². The number of ether oxygens (including phenoxy) is 1. The van der Waals surface area contributed by atoms with Gasteiger partial charge in [-0.2, -0.15) is 0 Å². The molecule has 116 valence electrons. The van der Waals surface area contributed by atoms with Crippen LogP contribution in [-0.2, 0) is 6.61 Å². The third-order valence-electron chi connectivity index (χ3n) is 3.22. The van der Waals surface area contributed by atoms with Crippen LogP contribution in [0.4, 0.5) is 0 Å². The lowest BCUT2D eigenvalue weighted by Crippen LogP contribution is -1.95. The predicted molar refractivity (Wildman–Crippen MR) is 84.7 cm³/mol. The molecule has 2 aromatic carbocycles. The zero-order valence-electron chi connectivity index (χ0n) is 11.9. The molecule has 0 amide bonds. The SMILES string of the molecule is O=C(O)c1cc(-c2ccc(OCc3ccccc3Cl)cc2)on1. The number of hydrogen-bond acceptors (Lipinski definition) is 4. The quantitative estimate of drug-likeness (QED) is 0.756. The van der Waals surface area contributed by atoms with Gasteiger partial charge in [0.15, 0.2) is 11.5 Å². The van der Waals surface area contributed by atoms with Crippen LogP contribution < -0.4 is 4.74 Å². The van der Waals surface area contributed by atoms with Crippen molar-refractivity contribution in [2.24, 2.45) is 0 Å². The summed E-state index contributed by atoms with van der Waals surface area (Å²) in [7, 11) is 0. The highest BCUT2D eigenvalue weighted by Gasteiger charge is 2.12. The molecule has 6 heteroatoms. The molecule has 1 heterocycles. The molecule has 0 atom stereocenters. The number of carboxylic acid groups (broad SMARTS) is 1. The number of carbonyl (C=O) groups is 1. The topological polar surface area (TPSA) is 72.6 Å². The highest BCUT2D eigenvalue weighted by Crippen LogP contribution is 2.24. The minimum Gasteiger partial charge on any atom is -0.489 e. The number of aromatic nitrogens is 1. The van der Waals surface area contributed by atoms with Crippen LogP contribution in [0.5, 0.6) is 5.75 Å². The normalized spacial score (nSPS) is 10.5. The van der Waals surface area contributed by atoms with Gasteiger partial charge in [0.25, 0.3) is 0 Å². The standard InChI is InChI=1S/C17H12ClNO4/c18-14-4-2-1-3-12(14)10-22-13-7-5-11(6-8-13)16-9-15(17(20)21)19-23-16/h1-9H,10H2,(H,20,21). The smallest absolute Gasteiger partial charge is 0.358 e. The van der Waals surface area contributed by atoms with Crippen molar-refractivity contribution >= 4 is 17.6 Å². The average molecular weight is 330 g/mol. The van der Waals surface area contributed by atoms with E-state index < -0.39 is 5.97 Å². The largest absolute Gasteiger partial charge is 0.489 e. The summed E-state index contributed by atoms with van der Waals surface area (Å²) >= 11 is 6.08. The Kier molecular flexibility index (Phi) is 4.30. The van der Waals surface area contributed by atoms with Crippen molar-refractivity contribution in [3.63, 3.8) is 0 Å². The average Bonchev–Trinajstić information content (AvgIpc) is 3.05. The Morgan fingerprint density at radius 2 is 1.91 bits per heavy atom. The van der Waals surface area contributed by atoms with Gasteiger partial charge in [0.05, 0.1) is 0 Å². The summed E-state index contributed by atoms with van der Waals surface area (Å²) in [4.78, 5) is 10.8. The molecule has 0 spiro atoms. The second kappa shape index (κ2) is 6.54. The molecule has 1 aromatic heterocycles. The lowest BCUT2D eigenvalue weighted by molar-refractivity contribution is 0.0686. The van der Waals surface area contributed by atoms with E-state index in [4.69, 9.17) is 26.0 Å². The minimum absolute atomic E-state index is 0.126. The van der Waals surface area contributed by atoms with E-state index >= 15 is 0 Å². The molecule has 5 nitrogen and oxygen atoms in total. The molecule has 0 bridgehead atoms. The van der Waals surface area contributed by atoms with Crippen LogP contribution in [0.15, 0.2) is 59.1 Å². The van der Waals surface area contributed by atoms with Crippen molar-refractivity contribution in [3.8, 4) is 17.1 Å². The molecule has 0 radical (unpaired) electrons. The summed E-state index contributed by atoms with van der Waals surface area (Å²) in [5, 5.41) is 13.0. The number of hydrogen-bond donors (Lipinski definition) is 1. The number of benzene rings is 2. The Hall–Kier alpha value is -2.79.